The molecule has 0 aliphatic heterocycles. The lowest BCUT2D eigenvalue weighted by Crippen LogP contribution is -2.08. The van der Waals surface area contributed by atoms with E-state index in [0.29, 0.717) is 22.5 Å². The van der Waals surface area contributed by atoms with Gasteiger partial charge in [-0.3, -0.25) is 4.79 Å². The van der Waals surface area contributed by atoms with Crippen molar-refractivity contribution in [2.45, 2.75) is 57.7 Å². The molecule has 6 nitrogen and oxygen atoms in total. The van der Waals surface area contributed by atoms with Crippen LogP contribution in [-0.4, -0.2) is 30.9 Å². The van der Waals surface area contributed by atoms with E-state index in [2.05, 4.69) is 34.7 Å². The molecule has 0 unspecified atom stereocenters. The van der Waals surface area contributed by atoms with Gasteiger partial charge >= 0.3 is 0 Å². The fourth-order valence-electron chi connectivity index (χ4n) is 4.08. The van der Waals surface area contributed by atoms with Crippen LogP contribution >= 0.6 is 11.8 Å². The smallest absolute Gasteiger partial charge is 0.200 e. The molecule has 0 bridgehead atoms. The number of allylic oxidation sites excluding steroid dienone is 2. The molecule has 7 heteroatoms. The number of furan rings is 1. The summed E-state index contributed by atoms with van der Waals surface area (Å²) in [6.45, 7) is 5.09. The third-order valence-electron chi connectivity index (χ3n) is 5.82. The lowest BCUT2D eigenvalue weighted by atomic mass is 9.97. The van der Waals surface area contributed by atoms with Crippen molar-refractivity contribution in [3.63, 3.8) is 0 Å². The van der Waals surface area contributed by atoms with Crippen LogP contribution in [0.4, 0.5) is 0 Å². The number of carbonyl (C=O) groups excluding carboxylic acids is 1. The predicted molar refractivity (Wildman–Crippen MR) is 119 cm³/mol. The van der Waals surface area contributed by atoms with Gasteiger partial charge in [0.2, 0.25) is 0 Å². The second-order valence-electron chi connectivity index (χ2n) is 7.85. The molecule has 0 saturated heterocycles. The number of aryl methyl sites for hydroxylation is 1. The molecule has 0 amide bonds. The van der Waals surface area contributed by atoms with E-state index in [-0.39, 0.29) is 5.78 Å². The first-order valence-electron chi connectivity index (χ1n) is 10.5. The molecule has 0 saturated carbocycles. The summed E-state index contributed by atoms with van der Waals surface area (Å²) in [4.78, 5) is 12.9. The van der Waals surface area contributed by atoms with Crippen LogP contribution in [-0.2, 0) is 13.6 Å². The molecule has 158 valence electrons. The summed E-state index contributed by atoms with van der Waals surface area (Å²) in [6.07, 6.45) is 10.1. The number of carbonyl (C=O) groups is 1. The topological polar surface area (TPSA) is 65.8 Å². The molecular formula is C23H28N4O2S. The Kier molecular flexibility index (Phi) is 6.27. The molecule has 0 N–H and O–H groups in total. The first kappa shape index (κ1) is 20.7. The van der Waals surface area contributed by atoms with Gasteiger partial charge in [-0.2, -0.15) is 0 Å². The van der Waals surface area contributed by atoms with E-state index in [4.69, 9.17) is 4.42 Å². The molecule has 0 fully saturated rings. The molecule has 3 aromatic rings. The number of rotatable bonds is 8. The predicted octanol–water partition coefficient (Wildman–Crippen LogP) is 5.36. The van der Waals surface area contributed by atoms with E-state index in [0.717, 1.165) is 29.9 Å². The van der Waals surface area contributed by atoms with E-state index >= 15 is 0 Å². The molecular weight excluding hydrogens is 396 g/mol. The SMILES string of the molecule is Cc1cc(C(=O)CSc2nnc(-c3ccco3)n2C)c(C)n1CCC1=CCCCC1. The maximum atomic E-state index is 12.9. The number of hydrogen-bond acceptors (Lipinski definition) is 5. The van der Waals surface area contributed by atoms with Crippen LogP contribution in [0.15, 0.2) is 45.7 Å². The Morgan fingerprint density at radius 1 is 1.27 bits per heavy atom. The molecule has 0 atom stereocenters. The highest BCUT2D eigenvalue weighted by Gasteiger charge is 2.19. The second kappa shape index (κ2) is 9.08. The molecule has 3 heterocycles. The normalized spacial score (nSPS) is 14.2. The highest BCUT2D eigenvalue weighted by Crippen LogP contribution is 2.26. The van der Waals surface area contributed by atoms with Gasteiger partial charge < -0.3 is 13.6 Å². The van der Waals surface area contributed by atoms with E-state index < -0.39 is 0 Å². The largest absolute Gasteiger partial charge is 0.461 e. The van der Waals surface area contributed by atoms with Crippen molar-refractivity contribution in [2.24, 2.45) is 7.05 Å². The van der Waals surface area contributed by atoms with Crippen molar-refractivity contribution in [3.05, 3.63) is 53.1 Å². The van der Waals surface area contributed by atoms with Crippen LogP contribution in [0, 0.1) is 13.8 Å². The Labute approximate surface area is 181 Å². The molecule has 0 radical (unpaired) electrons. The van der Waals surface area contributed by atoms with Gasteiger partial charge in [0.05, 0.1) is 12.0 Å². The van der Waals surface area contributed by atoms with Crippen molar-refractivity contribution >= 4 is 17.5 Å². The molecule has 0 spiro atoms. The maximum Gasteiger partial charge on any atom is 0.200 e. The average Bonchev–Trinajstić information content (AvgIpc) is 3.46. The van der Waals surface area contributed by atoms with Crippen molar-refractivity contribution < 1.29 is 9.21 Å². The van der Waals surface area contributed by atoms with Crippen LogP contribution in [0.3, 0.4) is 0 Å². The fraction of sp³-hybridized carbons (Fsp3) is 0.435. The lowest BCUT2D eigenvalue weighted by Gasteiger charge is -2.15. The van der Waals surface area contributed by atoms with Gasteiger partial charge in [-0.05, 0) is 64.2 Å². The Balaban J connectivity index is 1.41. The van der Waals surface area contributed by atoms with Crippen LogP contribution in [0.1, 0.15) is 53.8 Å². The standard InChI is InChI=1S/C23H28N4O2S/c1-16-14-19(17(2)27(16)12-11-18-8-5-4-6-9-18)20(28)15-30-23-25-24-22(26(23)3)21-10-7-13-29-21/h7-8,10,13-14H,4-6,9,11-12,15H2,1-3H3. The number of thioether (sulfide) groups is 1. The Hall–Kier alpha value is -2.54. The highest BCUT2D eigenvalue weighted by molar-refractivity contribution is 7.99. The molecule has 3 aromatic heterocycles. The van der Waals surface area contributed by atoms with Gasteiger partial charge in [-0.1, -0.05) is 23.4 Å². The third kappa shape index (κ3) is 4.31. The Bertz CT molecular complexity index is 1060. The second-order valence-corrected chi connectivity index (χ2v) is 8.79. The first-order valence-corrected chi connectivity index (χ1v) is 11.5. The number of nitrogens with zero attached hydrogens (tertiary/aromatic N) is 4. The van der Waals surface area contributed by atoms with Gasteiger partial charge in [0.25, 0.3) is 0 Å². The molecule has 4 rings (SSSR count). The highest BCUT2D eigenvalue weighted by atomic mass is 32.2. The lowest BCUT2D eigenvalue weighted by molar-refractivity contribution is 0.102. The molecule has 0 aromatic carbocycles. The van der Waals surface area contributed by atoms with Gasteiger partial charge in [-0.25, -0.2) is 0 Å². The number of hydrogen-bond donors (Lipinski definition) is 0. The summed E-state index contributed by atoms with van der Waals surface area (Å²) in [5, 5.41) is 9.11. The molecule has 1 aliphatic rings. The van der Waals surface area contributed by atoms with Crippen molar-refractivity contribution in [1.29, 1.82) is 0 Å². The fourth-order valence-corrected chi connectivity index (χ4v) is 4.88. The van der Waals surface area contributed by atoms with Crippen LogP contribution in [0.25, 0.3) is 11.6 Å². The summed E-state index contributed by atoms with van der Waals surface area (Å²) in [5.74, 6) is 1.78. The summed E-state index contributed by atoms with van der Waals surface area (Å²) >= 11 is 1.41. The average molecular weight is 425 g/mol. The van der Waals surface area contributed by atoms with Crippen LogP contribution in [0.2, 0.25) is 0 Å². The molecule has 1 aliphatic carbocycles. The van der Waals surface area contributed by atoms with Crippen molar-refractivity contribution in [1.82, 2.24) is 19.3 Å². The Morgan fingerprint density at radius 2 is 2.13 bits per heavy atom. The van der Waals surface area contributed by atoms with E-state index in [9.17, 15) is 4.79 Å². The number of ketones is 1. The maximum absolute atomic E-state index is 12.9. The quantitative estimate of drug-likeness (QED) is 0.277. The van der Waals surface area contributed by atoms with Crippen LogP contribution < -0.4 is 0 Å². The number of Topliss-reactive ketones (excluding diaryl/α,β-unsaturated/α-hetero) is 1. The zero-order chi connectivity index (χ0) is 21.1. The number of aromatic nitrogens is 4. The van der Waals surface area contributed by atoms with Gasteiger partial charge in [0.15, 0.2) is 22.5 Å². The van der Waals surface area contributed by atoms with Gasteiger partial charge in [0.1, 0.15) is 0 Å². The van der Waals surface area contributed by atoms with E-state index in [1.165, 1.54) is 37.4 Å². The summed E-state index contributed by atoms with van der Waals surface area (Å²) in [7, 11) is 1.89. The van der Waals surface area contributed by atoms with Gasteiger partial charge in [0, 0.05) is 30.5 Å². The van der Waals surface area contributed by atoms with Crippen molar-refractivity contribution in [2.75, 3.05) is 5.75 Å². The van der Waals surface area contributed by atoms with Crippen molar-refractivity contribution in [3.8, 4) is 11.6 Å². The summed E-state index contributed by atoms with van der Waals surface area (Å²) in [5.41, 5.74) is 4.58. The summed E-state index contributed by atoms with van der Waals surface area (Å²) < 4.78 is 9.54. The zero-order valence-corrected chi connectivity index (χ0v) is 18.7. The molecule has 30 heavy (non-hydrogen) atoms. The minimum absolute atomic E-state index is 0.124. The Morgan fingerprint density at radius 3 is 2.87 bits per heavy atom. The first-order chi connectivity index (χ1) is 14.5. The monoisotopic (exact) mass is 424 g/mol. The third-order valence-corrected chi connectivity index (χ3v) is 6.84. The minimum Gasteiger partial charge on any atom is -0.461 e. The van der Waals surface area contributed by atoms with Gasteiger partial charge in [-0.15, -0.1) is 10.2 Å². The van der Waals surface area contributed by atoms with E-state index in [1.54, 1.807) is 11.8 Å². The summed E-state index contributed by atoms with van der Waals surface area (Å²) in [6, 6.07) is 5.70. The van der Waals surface area contributed by atoms with Crippen LogP contribution in [0.5, 0.6) is 0 Å². The minimum atomic E-state index is 0.124. The van der Waals surface area contributed by atoms with E-state index in [1.807, 2.05) is 29.8 Å². The zero-order valence-electron chi connectivity index (χ0n) is 17.9.